The summed E-state index contributed by atoms with van der Waals surface area (Å²) in [4.78, 5) is 11.9. The molecule has 0 aliphatic rings. The molecule has 0 saturated carbocycles. The normalized spacial score (nSPS) is 10.6. The summed E-state index contributed by atoms with van der Waals surface area (Å²) in [6, 6.07) is 13.5. The topological polar surface area (TPSA) is 59.9 Å². The fourth-order valence-corrected chi connectivity index (χ4v) is 2.26. The van der Waals surface area contributed by atoms with Gasteiger partial charge >= 0.3 is 5.69 Å². The Morgan fingerprint density at radius 1 is 1.18 bits per heavy atom. The van der Waals surface area contributed by atoms with E-state index < -0.39 is 11.5 Å². The lowest BCUT2D eigenvalue weighted by Crippen LogP contribution is -2.18. The first-order valence-corrected chi connectivity index (χ1v) is 6.73. The molecule has 22 heavy (non-hydrogen) atoms. The van der Waals surface area contributed by atoms with Crippen molar-refractivity contribution in [3.63, 3.8) is 0 Å². The van der Waals surface area contributed by atoms with Gasteiger partial charge in [0.2, 0.25) is 0 Å². The van der Waals surface area contributed by atoms with Crippen LogP contribution in [0, 0.1) is 5.82 Å². The second kappa shape index (κ2) is 5.85. The predicted molar refractivity (Wildman–Crippen MR) is 79.9 cm³/mol. The van der Waals surface area contributed by atoms with Crippen LogP contribution in [0.25, 0.3) is 5.69 Å². The average molecular weight is 299 g/mol. The summed E-state index contributed by atoms with van der Waals surface area (Å²) in [7, 11) is 1.60. The molecule has 1 aromatic heterocycles. The highest BCUT2D eigenvalue weighted by atomic mass is 19.1. The molecule has 1 heterocycles. The van der Waals surface area contributed by atoms with E-state index in [-0.39, 0.29) is 5.69 Å². The van der Waals surface area contributed by atoms with Crippen LogP contribution >= 0.6 is 0 Å². The maximum absolute atomic E-state index is 13.9. The molecule has 1 N–H and O–H groups in total. The average Bonchev–Trinajstić information content (AvgIpc) is 2.89. The van der Waals surface area contributed by atoms with E-state index in [1.165, 1.54) is 10.6 Å². The first-order valence-electron chi connectivity index (χ1n) is 6.73. The Labute approximate surface area is 126 Å². The van der Waals surface area contributed by atoms with Gasteiger partial charge in [-0.15, -0.1) is 0 Å². The van der Waals surface area contributed by atoms with Gasteiger partial charge in [-0.2, -0.15) is 5.10 Å². The largest absolute Gasteiger partial charge is 0.497 e. The Morgan fingerprint density at radius 2 is 1.91 bits per heavy atom. The monoisotopic (exact) mass is 299 g/mol. The zero-order valence-electron chi connectivity index (χ0n) is 11.9. The van der Waals surface area contributed by atoms with Crippen molar-refractivity contribution in [2.24, 2.45) is 0 Å². The molecule has 2 aromatic carbocycles. The number of hydrogen-bond acceptors (Lipinski definition) is 3. The molecule has 5 nitrogen and oxygen atoms in total. The summed E-state index contributed by atoms with van der Waals surface area (Å²) in [5.41, 5.74) is 0.663. The summed E-state index contributed by atoms with van der Waals surface area (Å²) < 4.78 is 20.3. The van der Waals surface area contributed by atoms with E-state index >= 15 is 0 Å². The van der Waals surface area contributed by atoms with Crippen LogP contribution in [-0.2, 0) is 6.42 Å². The molecule has 3 rings (SSSR count). The van der Waals surface area contributed by atoms with Gasteiger partial charge < -0.3 is 4.74 Å². The Bertz CT molecular complexity index is 837. The molecule has 0 aliphatic carbocycles. The number of benzene rings is 2. The summed E-state index contributed by atoms with van der Waals surface area (Å²) >= 11 is 0. The van der Waals surface area contributed by atoms with Crippen molar-refractivity contribution in [2.45, 2.75) is 6.42 Å². The van der Waals surface area contributed by atoms with E-state index in [9.17, 15) is 9.18 Å². The van der Waals surface area contributed by atoms with Crippen LogP contribution in [0.1, 0.15) is 11.4 Å². The van der Waals surface area contributed by atoms with E-state index in [1.54, 1.807) is 25.3 Å². The number of nitrogens with zero attached hydrogens (tertiary/aromatic N) is 2. The van der Waals surface area contributed by atoms with E-state index in [2.05, 4.69) is 10.2 Å². The van der Waals surface area contributed by atoms with Gasteiger partial charge in [-0.3, -0.25) is 0 Å². The molecule has 0 unspecified atom stereocenters. The predicted octanol–water partition coefficient (Wildman–Crippen LogP) is 2.30. The molecular weight excluding hydrogens is 285 g/mol. The maximum atomic E-state index is 13.9. The number of ether oxygens (including phenoxy) is 1. The SMILES string of the molecule is COc1ccc(Cc2n[nH]c(=O)n2-c2ccccc2F)cc1. The maximum Gasteiger partial charge on any atom is 0.348 e. The molecule has 0 radical (unpaired) electrons. The second-order valence-corrected chi connectivity index (χ2v) is 4.76. The highest BCUT2D eigenvalue weighted by Gasteiger charge is 2.14. The summed E-state index contributed by atoms with van der Waals surface area (Å²) in [5, 5.41) is 6.37. The third-order valence-electron chi connectivity index (χ3n) is 3.36. The molecule has 112 valence electrons. The van der Waals surface area contributed by atoms with Gasteiger partial charge in [0.25, 0.3) is 0 Å². The Balaban J connectivity index is 1.99. The lowest BCUT2D eigenvalue weighted by Gasteiger charge is -2.07. The molecule has 0 saturated heterocycles. The van der Waals surface area contributed by atoms with E-state index in [0.29, 0.717) is 12.2 Å². The Morgan fingerprint density at radius 3 is 2.59 bits per heavy atom. The number of aromatic nitrogens is 3. The van der Waals surface area contributed by atoms with Gasteiger partial charge in [-0.1, -0.05) is 24.3 Å². The van der Waals surface area contributed by atoms with Crippen LogP contribution in [0.4, 0.5) is 4.39 Å². The van der Waals surface area contributed by atoms with E-state index in [1.807, 2.05) is 24.3 Å². The van der Waals surface area contributed by atoms with Crippen LogP contribution in [0.2, 0.25) is 0 Å². The molecule has 0 fully saturated rings. The number of hydrogen-bond donors (Lipinski definition) is 1. The molecule has 0 bridgehead atoms. The minimum Gasteiger partial charge on any atom is -0.497 e. The van der Waals surface area contributed by atoms with E-state index in [4.69, 9.17) is 4.74 Å². The molecule has 0 aliphatic heterocycles. The third-order valence-corrected chi connectivity index (χ3v) is 3.36. The highest BCUT2D eigenvalue weighted by molar-refractivity contribution is 5.35. The fourth-order valence-electron chi connectivity index (χ4n) is 2.26. The molecule has 0 amide bonds. The zero-order chi connectivity index (χ0) is 15.5. The van der Waals surface area contributed by atoms with Gasteiger partial charge in [0.1, 0.15) is 17.4 Å². The first-order chi connectivity index (χ1) is 10.7. The highest BCUT2D eigenvalue weighted by Crippen LogP contribution is 2.16. The van der Waals surface area contributed by atoms with Crippen molar-refractivity contribution < 1.29 is 9.13 Å². The summed E-state index contributed by atoms with van der Waals surface area (Å²) in [6.45, 7) is 0. The van der Waals surface area contributed by atoms with Crippen LogP contribution in [-0.4, -0.2) is 21.9 Å². The lowest BCUT2D eigenvalue weighted by molar-refractivity contribution is 0.414. The smallest absolute Gasteiger partial charge is 0.348 e. The Kier molecular flexibility index (Phi) is 3.74. The van der Waals surface area contributed by atoms with Gasteiger partial charge in [-0.25, -0.2) is 18.9 Å². The van der Waals surface area contributed by atoms with Crippen LogP contribution in [0.3, 0.4) is 0 Å². The summed E-state index contributed by atoms with van der Waals surface area (Å²) in [6.07, 6.45) is 0.400. The van der Waals surface area contributed by atoms with E-state index in [0.717, 1.165) is 11.3 Å². The minimum atomic E-state index is -0.470. The minimum absolute atomic E-state index is 0.185. The number of methoxy groups -OCH3 is 1. The number of aromatic amines is 1. The third kappa shape index (κ3) is 2.63. The van der Waals surface area contributed by atoms with Crippen molar-refractivity contribution in [1.82, 2.24) is 14.8 Å². The standard InChI is InChI=1S/C16H14FN3O2/c1-22-12-8-6-11(7-9-12)10-15-18-19-16(21)20(15)14-5-3-2-4-13(14)17/h2-9H,10H2,1H3,(H,19,21). The quantitative estimate of drug-likeness (QED) is 0.804. The number of para-hydroxylation sites is 1. The second-order valence-electron chi connectivity index (χ2n) is 4.76. The van der Waals surface area contributed by atoms with Crippen molar-refractivity contribution in [2.75, 3.05) is 7.11 Å². The summed E-state index contributed by atoms with van der Waals surface area (Å²) in [5.74, 6) is 0.722. The Hall–Kier alpha value is -2.89. The number of H-pyrrole nitrogens is 1. The fraction of sp³-hybridized carbons (Fsp3) is 0.125. The number of halogens is 1. The molecule has 0 atom stereocenters. The lowest BCUT2D eigenvalue weighted by atomic mass is 10.1. The van der Waals surface area contributed by atoms with Crippen LogP contribution in [0.15, 0.2) is 53.3 Å². The van der Waals surface area contributed by atoms with Gasteiger partial charge in [-0.05, 0) is 29.8 Å². The number of rotatable bonds is 4. The zero-order valence-corrected chi connectivity index (χ0v) is 11.9. The molecular formula is C16H14FN3O2. The van der Waals surface area contributed by atoms with Crippen LogP contribution in [0.5, 0.6) is 5.75 Å². The van der Waals surface area contributed by atoms with Crippen molar-refractivity contribution in [3.05, 3.63) is 76.2 Å². The van der Waals surface area contributed by atoms with Gasteiger partial charge in [0, 0.05) is 6.42 Å². The van der Waals surface area contributed by atoms with Crippen molar-refractivity contribution in [3.8, 4) is 11.4 Å². The van der Waals surface area contributed by atoms with Crippen molar-refractivity contribution in [1.29, 1.82) is 0 Å². The van der Waals surface area contributed by atoms with Gasteiger partial charge in [0.15, 0.2) is 0 Å². The molecule has 6 heteroatoms. The van der Waals surface area contributed by atoms with Gasteiger partial charge in [0.05, 0.1) is 12.8 Å². The van der Waals surface area contributed by atoms with Crippen LogP contribution < -0.4 is 10.4 Å². The first kappa shape index (κ1) is 14.1. The van der Waals surface area contributed by atoms with Crippen molar-refractivity contribution >= 4 is 0 Å². The molecule has 3 aromatic rings. The number of nitrogens with one attached hydrogen (secondary N) is 1. The molecule has 0 spiro atoms.